The number of nitrogens with zero attached hydrogens (tertiary/aromatic N) is 3. The normalized spacial score (nSPS) is 11.8. The van der Waals surface area contributed by atoms with Crippen LogP contribution in [0.2, 0.25) is 0 Å². The number of anilines is 1. The van der Waals surface area contributed by atoms with Crippen molar-refractivity contribution in [3.63, 3.8) is 0 Å². The van der Waals surface area contributed by atoms with Crippen LogP contribution in [0.15, 0.2) is 78.9 Å². The molecule has 2 amide bonds. The predicted molar refractivity (Wildman–Crippen MR) is 143 cm³/mol. The number of rotatable bonds is 11. The minimum absolute atomic E-state index is 0.0708. The molecule has 1 aliphatic rings. The summed E-state index contributed by atoms with van der Waals surface area (Å²) >= 11 is 1.26. The fourth-order valence-corrected chi connectivity index (χ4v) is 4.61. The van der Waals surface area contributed by atoms with Crippen LogP contribution < -0.4 is 14.8 Å². The molecule has 1 aliphatic heterocycles. The summed E-state index contributed by atoms with van der Waals surface area (Å²) in [6.45, 7) is 1.09. The zero-order valence-corrected chi connectivity index (χ0v) is 21.4. The Bertz CT molecular complexity index is 1380. The lowest BCUT2D eigenvalue weighted by molar-refractivity contribution is -0.137. The SMILES string of the molecule is O=C(CCN(Cc1ccccc1)C(=O)COCc1ccccc1)Nc1nnc(-c2ccc3c(c2)OCO3)s1. The van der Waals surface area contributed by atoms with E-state index in [4.69, 9.17) is 14.2 Å². The maximum atomic E-state index is 13.0. The molecule has 9 nitrogen and oxygen atoms in total. The van der Waals surface area contributed by atoms with Gasteiger partial charge in [-0.25, -0.2) is 0 Å². The van der Waals surface area contributed by atoms with E-state index in [0.717, 1.165) is 16.7 Å². The second kappa shape index (κ2) is 12.3. The summed E-state index contributed by atoms with van der Waals surface area (Å²) < 4.78 is 16.4. The first-order valence-electron chi connectivity index (χ1n) is 12.1. The third-order valence-corrected chi connectivity index (χ3v) is 6.69. The summed E-state index contributed by atoms with van der Waals surface area (Å²) in [4.78, 5) is 27.3. The second-order valence-corrected chi connectivity index (χ2v) is 9.54. The Morgan fingerprint density at radius 2 is 1.66 bits per heavy atom. The minimum atomic E-state index is -0.255. The number of carbonyl (C=O) groups is 2. The first kappa shape index (κ1) is 25.4. The van der Waals surface area contributed by atoms with Crippen molar-refractivity contribution < 1.29 is 23.8 Å². The molecule has 0 spiro atoms. The van der Waals surface area contributed by atoms with Crippen LogP contribution >= 0.6 is 11.3 Å². The number of carbonyl (C=O) groups excluding carboxylic acids is 2. The number of fused-ring (bicyclic) bond motifs is 1. The largest absolute Gasteiger partial charge is 0.454 e. The number of hydrogen-bond acceptors (Lipinski definition) is 8. The van der Waals surface area contributed by atoms with E-state index in [-0.39, 0.29) is 38.2 Å². The topological polar surface area (TPSA) is 103 Å². The van der Waals surface area contributed by atoms with Crippen molar-refractivity contribution >= 4 is 28.3 Å². The fourth-order valence-electron chi connectivity index (χ4n) is 3.86. The van der Waals surface area contributed by atoms with Crippen molar-refractivity contribution in [3.05, 3.63) is 90.0 Å². The van der Waals surface area contributed by atoms with Gasteiger partial charge >= 0.3 is 0 Å². The molecular formula is C28H26N4O5S. The molecule has 0 radical (unpaired) electrons. The summed E-state index contributed by atoms with van der Waals surface area (Å²) in [5, 5.41) is 12.1. The third-order valence-electron chi connectivity index (χ3n) is 5.81. The van der Waals surface area contributed by atoms with E-state index in [0.29, 0.717) is 34.8 Å². The Labute approximate surface area is 224 Å². The average Bonchev–Trinajstić information content (AvgIpc) is 3.61. The van der Waals surface area contributed by atoms with E-state index in [1.807, 2.05) is 78.9 Å². The van der Waals surface area contributed by atoms with Gasteiger partial charge in [0.2, 0.25) is 23.7 Å². The molecule has 2 heterocycles. The molecule has 1 N–H and O–H groups in total. The van der Waals surface area contributed by atoms with Crippen molar-refractivity contribution in [2.75, 3.05) is 25.3 Å². The van der Waals surface area contributed by atoms with Gasteiger partial charge in [-0.05, 0) is 29.3 Å². The lowest BCUT2D eigenvalue weighted by Gasteiger charge is -2.22. The van der Waals surface area contributed by atoms with Gasteiger partial charge in [-0.3, -0.25) is 9.59 Å². The molecule has 0 saturated carbocycles. The summed E-state index contributed by atoms with van der Waals surface area (Å²) in [5.74, 6) is 0.902. The predicted octanol–water partition coefficient (Wildman–Crippen LogP) is 4.51. The van der Waals surface area contributed by atoms with E-state index in [1.54, 1.807) is 4.90 Å². The lowest BCUT2D eigenvalue weighted by Crippen LogP contribution is -2.36. The quantitative estimate of drug-likeness (QED) is 0.304. The van der Waals surface area contributed by atoms with Crippen molar-refractivity contribution in [3.8, 4) is 22.1 Å². The first-order chi connectivity index (χ1) is 18.6. The molecule has 4 aromatic rings. The average molecular weight is 531 g/mol. The number of benzene rings is 3. The molecule has 0 saturated heterocycles. The highest BCUT2D eigenvalue weighted by Crippen LogP contribution is 2.37. The van der Waals surface area contributed by atoms with Crippen molar-refractivity contribution in [1.82, 2.24) is 15.1 Å². The van der Waals surface area contributed by atoms with Crippen molar-refractivity contribution in [2.45, 2.75) is 19.6 Å². The van der Waals surface area contributed by atoms with Crippen LogP contribution in [-0.2, 0) is 27.5 Å². The van der Waals surface area contributed by atoms with Gasteiger partial charge in [0.05, 0.1) is 6.61 Å². The van der Waals surface area contributed by atoms with E-state index >= 15 is 0 Å². The van der Waals surface area contributed by atoms with Gasteiger partial charge in [-0.15, -0.1) is 10.2 Å². The number of hydrogen-bond donors (Lipinski definition) is 1. The highest BCUT2D eigenvalue weighted by Gasteiger charge is 2.18. The molecular weight excluding hydrogens is 504 g/mol. The zero-order chi connectivity index (χ0) is 26.2. The molecule has 3 aromatic carbocycles. The van der Waals surface area contributed by atoms with Gasteiger partial charge in [0.15, 0.2) is 11.5 Å². The van der Waals surface area contributed by atoms with Gasteiger partial charge in [0.25, 0.3) is 0 Å². The molecule has 194 valence electrons. The Morgan fingerprint density at radius 3 is 2.45 bits per heavy atom. The van der Waals surface area contributed by atoms with Gasteiger partial charge < -0.3 is 24.4 Å². The van der Waals surface area contributed by atoms with Gasteiger partial charge in [0, 0.05) is 25.1 Å². The molecule has 10 heteroatoms. The smallest absolute Gasteiger partial charge is 0.248 e. The molecule has 0 bridgehead atoms. The Hall–Kier alpha value is -4.28. The molecule has 0 aliphatic carbocycles. The number of amides is 2. The van der Waals surface area contributed by atoms with E-state index in [2.05, 4.69) is 15.5 Å². The van der Waals surface area contributed by atoms with Crippen LogP contribution in [0.5, 0.6) is 11.5 Å². The highest BCUT2D eigenvalue weighted by atomic mass is 32.1. The van der Waals surface area contributed by atoms with Crippen LogP contribution in [0.3, 0.4) is 0 Å². The lowest BCUT2D eigenvalue weighted by atomic mass is 10.2. The second-order valence-electron chi connectivity index (χ2n) is 8.56. The fraction of sp³-hybridized carbons (Fsp3) is 0.214. The number of aromatic nitrogens is 2. The van der Waals surface area contributed by atoms with E-state index in [9.17, 15) is 9.59 Å². The van der Waals surface area contributed by atoms with Crippen LogP contribution in [-0.4, -0.2) is 46.9 Å². The standard InChI is InChI=1S/C28H26N4O5S/c33-25(29-28-31-30-27(38-28)22-11-12-23-24(15-22)37-19-36-23)13-14-32(16-20-7-3-1-4-8-20)26(34)18-35-17-21-9-5-2-6-10-21/h1-12,15H,13-14,16-19H2,(H,29,31,33). The number of ether oxygens (including phenoxy) is 3. The zero-order valence-electron chi connectivity index (χ0n) is 20.5. The summed E-state index contributed by atoms with van der Waals surface area (Å²) in [7, 11) is 0. The van der Waals surface area contributed by atoms with E-state index < -0.39 is 0 Å². The van der Waals surface area contributed by atoms with E-state index in [1.165, 1.54) is 11.3 Å². The van der Waals surface area contributed by atoms with Crippen LogP contribution in [0.4, 0.5) is 5.13 Å². The summed E-state index contributed by atoms with van der Waals surface area (Å²) in [6, 6.07) is 24.9. The Morgan fingerprint density at radius 1 is 0.921 bits per heavy atom. The Balaban J connectivity index is 1.16. The maximum Gasteiger partial charge on any atom is 0.248 e. The van der Waals surface area contributed by atoms with Gasteiger partial charge in [-0.2, -0.15) is 0 Å². The summed E-state index contributed by atoms with van der Waals surface area (Å²) in [6.07, 6.45) is 0.107. The van der Waals surface area contributed by atoms with Crippen LogP contribution in [0.1, 0.15) is 17.5 Å². The number of nitrogens with one attached hydrogen (secondary N) is 1. The third kappa shape index (κ3) is 6.72. The van der Waals surface area contributed by atoms with Crippen molar-refractivity contribution in [1.29, 1.82) is 0 Å². The maximum absolute atomic E-state index is 13.0. The molecule has 0 atom stereocenters. The first-order valence-corrected chi connectivity index (χ1v) is 12.9. The van der Waals surface area contributed by atoms with Crippen LogP contribution in [0.25, 0.3) is 10.6 Å². The van der Waals surface area contributed by atoms with Crippen molar-refractivity contribution in [2.24, 2.45) is 0 Å². The van der Waals surface area contributed by atoms with Gasteiger partial charge in [-0.1, -0.05) is 72.0 Å². The van der Waals surface area contributed by atoms with Crippen LogP contribution in [0, 0.1) is 0 Å². The molecule has 0 unspecified atom stereocenters. The highest BCUT2D eigenvalue weighted by molar-refractivity contribution is 7.18. The molecule has 38 heavy (non-hydrogen) atoms. The monoisotopic (exact) mass is 530 g/mol. The molecule has 0 fully saturated rings. The van der Waals surface area contributed by atoms with Gasteiger partial charge in [0.1, 0.15) is 11.6 Å². The minimum Gasteiger partial charge on any atom is -0.454 e. The molecule has 1 aromatic heterocycles. The Kier molecular flexibility index (Phi) is 8.22. The molecule has 5 rings (SSSR count). The summed E-state index contributed by atoms with van der Waals surface area (Å²) in [5.41, 5.74) is 2.79.